The summed E-state index contributed by atoms with van der Waals surface area (Å²) >= 11 is 0. The van der Waals surface area contributed by atoms with E-state index in [9.17, 15) is 9.00 Å². The van der Waals surface area contributed by atoms with E-state index in [1.807, 2.05) is 0 Å². The molecule has 1 unspecified atom stereocenters. The second kappa shape index (κ2) is 3.44. The van der Waals surface area contributed by atoms with Gasteiger partial charge in [-0.05, 0) is 12.1 Å². The largest absolute Gasteiger partial charge is 0.298 e. The van der Waals surface area contributed by atoms with Crippen LogP contribution in [0.4, 0.5) is 0 Å². The smallest absolute Gasteiger partial charge is 0.150 e. The molecule has 0 aliphatic heterocycles. The van der Waals surface area contributed by atoms with Gasteiger partial charge in [0.1, 0.15) is 6.29 Å². The molecule has 0 heterocycles. The highest BCUT2D eigenvalue weighted by Gasteiger charge is 1.96. The van der Waals surface area contributed by atoms with E-state index in [1.54, 1.807) is 30.5 Å². The minimum absolute atomic E-state index is 0.567. The highest BCUT2D eigenvalue weighted by molar-refractivity contribution is 7.84. The Morgan fingerprint density at radius 3 is 2.73 bits per heavy atom. The number of rotatable bonds is 2. The molecule has 0 aromatic heterocycles. The highest BCUT2D eigenvalue weighted by atomic mass is 32.2. The van der Waals surface area contributed by atoms with Crippen LogP contribution in [-0.4, -0.2) is 16.8 Å². The first-order valence-electron chi connectivity index (χ1n) is 3.12. The van der Waals surface area contributed by atoms with E-state index in [4.69, 9.17) is 0 Å². The molecule has 0 radical (unpaired) electrons. The molecule has 0 fully saturated rings. The quantitative estimate of drug-likeness (QED) is 0.622. The molecule has 11 heavy (non-hydrogen) atoms. The SMILES string of the molecule is CS(=O)c1cccc(C=O)c1. The van der Waals surface area contributed by atoms with Gasteiger partial charge in [0, 0.05) is 27.5 Å². The van der Waals surface area contributed by atoms with Gasteiger partial charge in [0.15, 0.2) is 0 Å². The number of hydrogen-bond acceptors (Lipinski definition) is 2. The number of aldehydes is 1. The Balaban J connectivity index is 3.10. The summed E-state index contributed by atoms with van der Waals surface area (Å²) in [4.78, 5) is 11.0. The van der Waals surface area contributed by atoms with E-state index in [1.165, 1.54) is 0 Å². The van der Waals surface area contributed by atoms with Crippen molar-refractivity contribution in [3.8, 4) is 0 Å². The summed E-state index contributed by atoms with van der Waals surface area (Å²) in [5.74, 6) is 0. The summed E-state index contributed by atoms with van der Waals surface area (Å²) in [7, 11) is -1.000. The van der Waals surface area contributed by atoms with Crippen LogP contribution in [0.1, 0.15) is 10.4 Å². The molecule has 3 heteroatoms. The summed E-state index contributed by atoms with van der Waals surface area (Å²) in [6.45, 7) is 0. The summed E-state index contributed by atoms with van der Waals surface area (Å²) in [5, 5.41) is 0. The van der Waals surface area contributed by atoms with Gasteiger partial charge in [0.2, 0.25) is 0 Å². The normalized spacial score (nSPS) is 12.5. The maximum Gasteiger partial charge on any atom is 0.150 e. The van der Waals surface area contributed by atoms with E-state index in [2.05, 4.69) is 0 Å². The van der Waals surface area contributed by atoms with Gasteiger partial charge in [-0.1, -0.05) is 12.1 Å². The summed E-state index contributed by atoms with van der Waals surface area (Å²) in [6, 6.07) is 6.77. The van der Waals surface area contributed by atoms with Crippen LogP contribution in [0.3, 0.4) is 0 Å². The molecule has 1 rings (SSSR count). The van der Waals surface area contributed by atoms with Crippen molar-refractivity contribution in [2.75, 3.05) is 6.26 Å². The highest BCUT2D eigenvalue weighted by Crippen LogP contribution is 2.06. The maximum atomic E-state index is 10.9. The van der Waals surface area contributed by atoms with Crippen molar-refractivity contribution in [1.29, 1.82) is 0 Å². The first-order chi connectivity index (χ1) is 5.24. The zero-order valence-corrected chi connectivity index (χ0v) is 6.93. The minimum atomic E-state index is -1.000. The lowest BCUT2D eigenvalue weighted by atomic mass is 10.2. The van der Waals surface area contributed by atoms with Crippen LogP contribution in [0.25, 0.3) is 0 Å². The molecule has 0 amide bonds. The number of hydrogen-bond donors (Lipinski definition) is 0. The van der Waals surface area contributed by atoms with Crippen molar-refractivity contribution in [1.82, 2.24) is 0 Å². The summed E-state index contributed by atoms with van der Waals surface area (Å²) in [6.07, 6.45) is 2.33. The fourth-order valence-corrected chi connectivity index (χ4v) is 1.34. The van der Waals surface area contributed by atoms with E-state index in [0.717, 1.165) is 6.29 Å². The molecule has 1 aromatic rings. The van der Waals surface area contributed by atoms with Crippen LogP contribution < -0.4 is 0 Å². The standard InChI is InChI=1S/C8H8O2S/c1-11(10)8-4-2-3-7(5-8)6-9/h2-6H,1H3. The Labute approximate surface area is 67.7 Å². The van der Waals surface area contributed by atoms with Gasteiger partial charge in [0.05, 0.1) is 0 Å². The second-order valence-corrected chi connectivity index (χ2v) is 3.52. The average molecular weight is 168 g/mol. The zero-order valence-electron chi connectivity index (χ0n) is 6.11. The maximum absolute atomic E-state index is 10.9. The molecule has 0 saturated carbocycles. The first kappa shape index (κ1) is 8.14. The van der Waals surface area contributed by atoms with Gasteiger partial charge in [-0.15, -0.1) is 0 Å². The molecule has 1 atom stereocenters. The van der Waals surface area contributed by atoms with Gasteiger partial charge in [-0.3, -0.25) is 9.00 Å². The van der Waals surface area contributed by atoms with Gasteiger partial charge >= 0.3 is 0 Å². The number of carbonyl (C=O) groups excluding carboxylic acids is 1. The van der Waals surface area contributed by atoms with Crippen molar-refractivity contribution in [3.05, 3.63) is 29.8 Å². The topological polar surface area (TPSA) is 34.1 Å². The van der Waals surface area contributed by atoms with Crippen molar-refractivity contribution in [2.24, 2.45) is 0 Å². The lowest BCUT2D eigenvalue weighted by molar-refractivity contribution is 0.112. The van der Waals surface area contributed by atoms with Crippen LogP contribution in [0.15, 0.2) is 29.2 Å². The third kappa shape index (κ3) is 1.98. The minimum Gasteiger partial charge on any atom is -0.298 e. The first-order valence-corrected chi connectivity index (χ1v) is 4.68. The average Bonchev–Trinajstić information content (AvgIpc) is 2.05. The van der Waals surface area contributed by atoms with Crippen LogP contribution in [0.2, 0.25) is 0 Å². The second-order valence-electron chi connectivity index (χ2n) is 2.14. The van der Waals surface area contributed by atoms with Crippen LogP contribution in [-0.2, 0) is 10.8 Å². The molecule has 2 nitrogen and oxygen atoms in total. The third-order valence-corrected chi connectivity index (χ3v) is 2.24. The van der Waals surface area contributed by atoms with Crippen molar-refractivity contribution in [3.63, 3.8) is 0 Å². The Kier molecular flexibility index (Phi) is 2.54. The number of carbonyl (C=O) groups is 1. The van der Waals surface area contributed by atoms with E-state index in [0.29, 0.717) is 10.5 Å². The van der Waals surface area contributed by atoms with Crippen LogP contribution in [0, 0.1) is 0 Å². The lowest BCUT2D eigenvalue weighted by Gasteiger charge is -1.95. The molecule has 0 bridgehead atoms. The van der Waals surface area contributed by atoms with E-state index in [-0.39, 0.29) is 0 Å². The van der Waals surface area contributed by atoms with Gasteiger partial charge < -0.3 is 0 Å². The van der Waals surface area contributed by atoms with E-state index >= 15 is 0 Å². The summed E-state index contributed by atoms with van der Waals surface area (Å²) in [5.41, 5.74) is 0.567. The Morgan fingerprint density at radius 1 is 1.45 bits per heavy atom. The molecule has 0 aliphatic rings. The zero-order chi connectivity index (χ0) is 8.27. The van der Waals surface area contributed by atoms with Crippen LogP contribution in [0.5, 0.6) is 0 Å². The van der Waals surface area contributed by atoms with Gasteiger partial charge in [-0.25, -0.2) is 0 Å². The Bertz CT molecular complexity index is 294. The molecular formula is C8H8O2S. The fourth-order valence-electron chi connectivity index (χ4n) is 0.767. The Hall–Kier alpha value is -0.960. The van der Waals surface area contributed by atoms with Gasteiger partial charge in [-0.2, -0.15) is 0 Å². The fraction of sp³-hybridized carbons (Fsp3) is 0.125. The summed E-state index contributed by atoms with van der Waals surface area (Å²) < 4.78 is 10.9. The van der Waals surface area contributed by atoms with E-state index < -0.39 is 10.8 Å². The number of benzene rings is 1. The predicted octanol–water partition coefficient (Wildman–Crippen LogP) is 1.24. The molecule has 0 N–H and O–H groups in total. The third-order valence-electron chi connectivity index (χ3n) is 1.33. The molecule has 0 aliphatic carbocycles. The lowest BCUT2D eigenvalue weighted by Crippen LogP contribution is -1.88. The van der Waals surface area contributed by atoms with Gasteiger partial charge in [0.25, 0.3) is 0 Å². The van der Waals surface area contributed by atoms with Crippen molar-refractivity contribution < 1.29 is 9.00 Å². The molecular weight excluding hydrogens is 160 g/mol. The molecule has 0 saturated heterocycles. The predicted molar refractivity (Wildman–Crippen MR) is 44.2 cm³/mol. The molecule has 58 valence electrons. The molecule has 1 aromatic carbocycles. The molecule has 0 spiro atoms. The van der Waals surface area contributed by atoms with Crippen LogP contribution >= 0.6 is 0 Å². The van der Waals surface area contributed by atoms with Crippen molar-refractivity contribution in [2.45, 2.75) is 4.90 Å². The Morgan fingerprint density at radius 2 is 2.18 bits per heavy atom. The monoisotopic (exact) mass is 168 g/mol. The van der Waals surface area contributed by atoms with Crippen molar-refractivity contribution >= 4 is 17.1 Å².